The van der Waals surface area contributed by atoms with E-state index in [1.807, 2.05) is 5.38 Å². The van der Waals surface area contributed by atoms with E-state index < -0.39 is 22.7 Å². The van der Waals surface area contributed by atoms with Crippen LogP contribution in [0.4, 0.5) is 5.69 Å². The number of thiophene rings is 1. The first-order valence-electron chi connectivity index (χ1n) is 8.51. The predicted molar refractivity (Wildman–Crippen MR) is 103 cm³/mol. The summed E-state index contributed by atoms with van der Waals surface area (Å²) in [5.74, 6) is -1.80. The van der Waals surface area contributed by atoms with E-state index in [4.69, 9.17) is 4.74 Å². The van der Waals surface area contributed by atoms with Gasteiger partial charge in [-0.3, -0.25) is 19.7 Å². The molecule has 0 saturated carbocycles. The Hall–Kier alpha value is -3.04. The first-order valence-corrected chi connectivity index (χ1v) is 9.39. The molecule has 28 heavy (non-hydrogen) atoms. The lowest BCUT2D eigenvalue weighted by molar-refractivity contribution is -0.384. The second-order valence-electron chi connectivity index (χ2n) is 6.16. The molecule has 1 atom stereocenters. The van der Waals surface area contributed by atoms with E-state index in [1.54, 1.807) is 19.2 Å². The van der Waals surface area contributed by atoms with Crippen LogP contribution in [0, 0.1) is 10.1 Å². The van der Waals surface area contributed by atoms with Crippen LogP contribution in [0.3, 0.4) is 0 Å². The van der Waals surface area contributed by atoms with Gasteiger partial charge in [-0.1, -0.05) is 6.07 Å². The van der Waals surface area contributed by atoms with Crippen molar-refractivity contribution in [1.82, 2.24) is 4.90 Å². The Morgan fingerprint density at radius 1 is 1.29 bits per heavy atom. The number of methoxy groups -OCH3 is 1. The minimum Gasteiger partial charge on any atom is -0.507 e. The molecule has 0 radical (unpaired) electrons. The number of nitro groups is 1. The third-order valence-corrected chi connectivity index (χ3v) is 5.38. The third-order valence-electron chi connectivity index (χ3n) is 4.45. The molecule has 0 bridgehead atoms. The summed E-state index contributed by atoms with van der Waals surface area (Å²) in [5, 5.41) is 23.4. The lowest BCUT2D eigenvalue weighted by Crippen LogP contribution is -2.31. The first kappa shape index (κ1) is 19.7. The van der Waals surface area contributed by atoms with Gasteiger partial charge < -0.3 is 14.7 Å². The number of hydrogen-bond donors (Lipinski definition) is 1. The molecule has 1 aliphatic heterocycles. The Balaban J connectivity index is 2.05. The number of aliphatic hydroxyl groups excluding tert-OH is 1. The van der Waals surface area contributed by atoms with Gasteiger partial charge in [-0.25, -0.2) is 0 Å². The number of Topliss-reactive ketones (excluding diaryl/α,β-unsaturated/α-hetero) is 1. The highest BCUT2D eigenvalue weighted by Crippen LogP contribution is 2.41. The Kier molecular flexibility index (Phi) is 5.86. The molecular formula is C19H18N2O6S. The number of likely N-dealkylation sites (tertiary alicyclic amines) is 1. The number of rotatable bonds is 7. The third kappa shape index (κ3) is 3.67. The monoisotopic (exact) mass is 402 g/mol. The summed E-state index contributed by atoms with van der Waals surface area (Å²) in [6.45, 7) is 0.737. The molecule has 0 spiro atoms. The fourth-order valence-electron chi connectivity index (χ4n) is 3.13. The summed E-state index contributed by atoms with van der Waals surface area (Å²) in [6.07, 6.45) is 0.545. The van der Waals surface area contributed by atoms with E-state index in [2.05, 4.69) is 0 Å². The molecule has 3 rings (SSSR count). The van der Waals surface area contributed by atoms with E-state index in [0.29, 0.717) is 19.6 Å². The summed E-state index contributed by atoms with van der Waals surface area (Å²) < 4.78 is 5.03. The van der Waals surface area contributed by atoms with Crippen molar-refractivity contribution in [1.29, 1.82) is 0 Å². The highest BCUT2D eigenvalue weighted by atomic mass is 32.1. The second-order valence-corrected chi connectivity index (χ2v) is 7.14. The van der Waals surface area contributed by atoms with Crippen LogP contribution < -0.4 is 0 Å². The minimum absolute atomic E-state index is 0.0151. The summed E-state index contributed by atoms with van der Waals surface area (Å²) in [4.78, 5) is 37.8. The number of non-ortho nitro benzene ring substituents is 1. The Bertz CT molecular complexity index is 920. The minimum atomic E-state index is -0.772. The quantitative estimate of drug-likeness (QED) is 0.190. The van der Waals surface area contributed by atoms with Crippen molar-refractivity contribution in [2.24, 2.45) is 0 Å². The zero-order valence-corrected chi connectivity index (χ0v) is 15.8. The largest absolute Gasteiger partial charge is 0.507 e. The summed E-state index contributed by atoms with van der Waals surface area (Å²) >= 11 is 1.38. The number of ketones is 1. The van der Waals surface area contributed by atoms with Crippen LogP contribution in [0.15, 0.2) is 47.4 Å². The molecule has 2 heterocycles. The van der Waals surface area contributed by atoms with Gasteiger partial charge in [-0.05, 0) is 30.0 Å². The normalized spacial score (nSPS) is 18.6. The van der Waals surface area contributed by atoms with E-state index >= 15 is 0 Å². The lowest BCUT2D eigenvalue weighted by atomic mass is 9.99. The van der Waals surface area contributed by atoms with Gasteiger partial charge in [0, 0.05) is 42.8 Å². The molecule has 1 aliphatic rings. The fourth-order valence-corrected chi connectivity index (χ4v) is 3.97. The lowest BCUT2D eigenvalue weighted by Gasteiger charge is -2.23. The number of benzene rings is 1. The molecule has 9 heteroatoms. The molecule has 1 unspecified atom stereocenters. The van der Waals surface area contributed by atoms with E-state index in [9.17, 15) is 24.8 Å². The second kappa shape index (κ2) is 8.32. The Morgan fingerprint density at radius 3 is 2.57 bits per heavy atom. The van der Waals surface area contributed by atoms with Gasteiger partial charge in [0.25, 0.3) is 17.4 Å². The molecule has 2 aromatic rings. The molecule has 1 N–H and O–H groups in total. The zero-order valence-electron chi connectivity index (χ0n) is 15.0. The number of hydrogen-bond acceptors (Lipinski definition) is 7. The summed E-state index contributed by atoms with van der Waals surface area (Å²) in [6, 6.07) is 8.10. The molecule has 1 saturated heterocycles. The number of ether oxygens (including phenoxy) is 1. The number of carbonyl (C=O) groups excluding carboxylic acids is 2. The number of nitro benzene ring substituents is 1. The highest BCUT2D eigenvalue weighted by Gasteiger charge is 2.46. The standard InChI is InChI=1S/C19H18N2O6S/c1-27-10-3-9-20-16(14-4-2-11-28-14)15(18(23)19(20)24)17(22)12-5-7-13(8-6-12)21(25)26/h2,4-8,11,16,22H,3,9-10H2,1H3/b17-15-. The molecule has 1 aromatic heterocycles. The van der Waals surface area contributed by atoms with Gasteiger partial charge in [0.1, 0.15) is 5.76 Å². The summed E-state index contributed by atoms with van der Waals surface area (Å²) in [7, 11) is 1.56. The zero-order chi connectivity index (χ0) is 20.3. The van der Waals surface area contributed by atoms with Crippen molar-refractivity contribution in [3.05, 3.63) is 67.9 Å². The molecule has 8 nitrogen and oxygen atoms in total. The van der Waals surface area contributed by atoms with E-state index in [-0.39, 0.29) is 22.6 Å². The van der Waals surface area contributed by atoms with Crippen molar-refractivity contribution in [3.8, 4) is 0 Å². The average molecular weight is 402 g/mol. The van der Waals surface area contributed by atoms with Crippen LogP contribution in [0.5, 0.6) is 0 Å². The maximum Gasteiger partial charge on any atom is 0.295 e. The van der Waals surface area contributed by atoms with Gasteiger partial charge in [0.2, 0.25) is 0 Å². The van der Waals surface area contributed by atoms with Crippen LogP contribution >= 0.6 is 11.3 Å². The van der Waals surface area contributed by atoms with Crippen LogP contribution in [-0.2, 0) is 14.3 Å². The highest BCUT2D eigenvalue weighted by molar-refractivity contribution is 7.10. The van der Waals surface area contributed by atoms with Gasteiger partial charge in [-0.2, -0.15) is 0 Å². The molecule has 1 aromatic carbocycles. The Labute approximate surface area is 164 Å². The van der Waals surface area contributed by atoms with Crippen LogP contribution in [0.1, 0.15) is 22.9 Å². The number of amides is 1. The van der Waals surface area contributed by atoms with Crippen LogP contribution in [0.25, 0.3) is 5.76 Å². The van der Waals surface area contributed by atoms with Crippen molar-refractivity contribution in [3.63, 3.8) is 0 Å². The van der Waals surface area contributed by atoms with Crippen molar-refractivity contribution in [2.45, 2.75) is 12.5 Å². The molecule has 1 fully saturated rings. The van der Waals surface area contributed by atoms with Crippen molar-refractivity contribution < 1.29 is 24.4 Å². The molecular weight excluding hydrogens is 384 g/mol. The van der Waals surface area contributed by atoms with Crippen LogP contribution in [-0.4, -0.2) is 46.9 Å². The van der Waals surface area contributed by atoms with Crippen molar-refractivity contribution in [2.75, 3.05) is 20.3 Å². The molecule has 0 aliphatic carbocycles. The smallest absolute Gasteiger partial charge is 0.295 e. The molecule has 1 amide bonds. The van der Waals surface area contributed by atoms with Gasteiger partial charge in [0.05, 0.1) is 16.5 Å². The predicted octanol–water partition coefficient (Wildman–Crippen LogP) is 3.11. The maximum atomic E-state index is 12.7. The average Bonchev–Trinajstić information content (AvgIpc) is 3.30. The van der Waals surface area contributed by atoms with E-state index in [0.717, 1.165) is 4.88 Å². The van der Waals surface area contributed by atoms with Gasteiger partial charge in [-0.15, -0.1) is 11.3 Å². The van der Waals surface area contributed by atoms with Crippen molar-refractivity contribution >= 4 is 34.5 Å². The first-order chi connectivity index (χ1) is 13.5. The topological polar surface area (TPSA) is 110 Å². The Morgan fingerprint density at radius 2 is 2.00 bits per heavy atom. The SMILES string of the molecule is COCCCN1C(=O)C(=O)/C(=C(\O)c2ccc([N+](=O)[O-])cc2)C1c1cccs1. The van der Waals surface area contributed by atoms with Gasteiger partial charge in [0.15, 0.2) is 0 Å². The number of carbonyl (C=O) groups is 2. The number of aliphatic hydroxyl groups is 1. The number of nitrogens with zero attached hydrogens (tertiary/aromatic N) is 2. The van der Waals surface area contributed by atoms with Gasteiger partial charge >= 0.3 is 0 Å². The fraction of sp³-hybridized carbons (Fsp3) is 0.263. The molecule has 146 valence electrons. The van der Waals surface area contributed by atoms with E-state index in [1.165, 1.54) is 40.5 Å². The van der Waals surface area contributed by atoms with Crippen LogP contribution in [0.2, 0.25) is 0 Å². The summed E-state index contributed by atoms with van der Waals surface area (Å²) in [5.41, 5.74) is 0.0899. The maximum absolute atomic E-state index is 12.7.